The number of hydrogen-bond acceptors (Lipinski definition) is 2. The lowest BCUT2D eigenvalue weighted by molar-refractivity contribution is -0.290. The van der Waals surface area contributed by atoms with E-state index in [0.29, 0.717) is 30.1 Å². The van der Waals surface area contributed by atoms with Gasteiger partial charge in [-0.25, -0.2) is 0 Å². The first kappa shape index (κ1) is 26.3. The first-order chi connectivity index (χ1) is 16.9. The van der Waals surface area contributed by atoms with Gasteiger partial charge < -0.3 is 10.2 Å². The summed E-state index contributed by atoms with van der Waals surface area (Å²) in [6.07, 6.45) is 5.33. The van der Waals surface area contributed by atoms with Crippen LogP contribution in [-0.2, 0) is 0 Å². The third-order valence-electron chi connectivity index (χ3n) is 11.8. The number of halogens is 3. The van der Waals surface area contributed by atoms with Crippen LogP contribution in [0.5, 0.6) is 0 Å². The molecular weight excluding hydrogens is 461 g/mol. The molecule has 2 N–H and O–H groups in total. The molecule has 200 valence electrons. The number of rotatable bonds is 4. The Bertz CT molecular complexity index is 960. The smallest absolute Gasteiger partial charge is 0.389 e. The van der Waals surface area contributed by atoms with Gasteiger partial charge in [0, 0.05) is 0 Å². The van der Waals surface area contributed by atoms with Gasteiger partial charge in [-0.05, 0) is 110 Å². The highest BCUT2D eigenvalue weighted by atomic mass is 19.4. The number of alkyl halides is 3. The maximum Gasteiger partial charge on any atom is 0.417 e. The van der Waals surface area contributed by atoms with Gasteiger partial charge in [-0.15, -0.1) is 0 Å². The molecule has 0 saturated heterocycles. The molecule has 2 nitrogen and oxygen atoms in total. The van der Waals surface area contributed by atoms with Crippen molar-refractivity contribution < 1.29 is 23.4 Å². The van der Waals surface area contributed by atoms with Crippen LogP contribution < -0.4 is 0 Å². The average molecular weight is 505 g/mol. The van der Waals surface area contributed by atoms with Crippen molar-refractivity contribution in [3.8, 4) is 0 Å². The zero-order valence-electron chi connectivity index (χ0n) is 22.0. The molecule has 5 rings (SSSR count). The molecule has 0 spiro atoms. The molecule has 4 saturated carbocycles. The van der Waals surface area contributed by atoms with Crippen molar-refractivity contribution in [1.29, 1.82) is 0 Å². The Kier molecular flexibility index (Phi) is 6.68. The van der Waals surface area contributed by atoms with Crippen LogP contribution in [0.15, 0.2) is 36.4 Å². The molecule has 0 heterocycles. The molecule has 4 aliphatic rings. The molecule has 5 heteroatoms. The third kappa shape index (κ3) is 4.17. The lowest BCUT2D eigenvalue weighted by Crippen LogP contribution is -2.59. The molecule has 0 aromatic heterocycles. The highest BCUT2D eigenvalue weighted by Crippen LogP contribution is 2.69. The number of fused-ring (bicyclic) bond motifs is 5. The molecule has 1 aromatic rings. The van der Waals surface area contributed by atoms with E-state index in [0.717, 1.165) is 44.1 Å². The average Bonchev–Trinajstić information content (AvgIpc) is 3.19. The molecule has 0 bridgehead atoms. The lowest BCUT2D eigenvalue weighted by atomic mass is 9.43. The second kappa shape index (κ2) is 9.15. The molecule has 0 radical (unpaired) electrons. The predicted octanol–water partition coefficient (Wildman–Crippen LogP) is 7.65. The van der Waals surface area contributed by atoms with Gasteiger partial charge in [0.25, 0.3) is 0 Å². The molecule has 4 fully saturated rings. The maximum atomic E-state index is 13.6. The SMILES string of the molecule is C[C@@H](C1CCC2C3CCC4CC(O)(C(F)(F)F)CCC4(C)C3CCC21C)[C@@H](O)/C=C/c1ccccc1. The van der Waals surface area contributed by atoms with E-state index in [1.165, 1.54) is 0 Å². The van der Waals surface area contributed by atoms with Gasteiger partial charge in [-0.1, -0.05) is 63.3 Å². The van der Waals surface area contributed by atoms with Gasteiger partial charge in [-0.2, -0.15) is 13.2 Å². The standard InChI is InChI=1S/C31H43F3O2/c1-20(27(35)14-9-21-7-5-4-6-8-21)24-12-13-25-23-11-10-22-19-30(36,31(32,33)34)18-17-28(22,2)26(23)15-16-29(24,25)3/h4-9,14,20,22-27,35-36H,10-13,15-19H2,1-3H3/b14-9+/t20-,22?,23?,24?,25?,26?,27-,28?,29?,30?/m0/s1. The summed E-state index contributed by atoms with van der Waals surface area (Å²) in [5.74, 6) is 2.14. The van der Waals surface area contributed by atoms with E-state index >= 15 is 0 Å². The van der Waals surface area contributed by atoms with Crippen LogP contribution in [0.4, 0.5) is 13.2 Å². The highest BCUT2D eigenvalue weighted by molar-refractivity contribution is 5.49. The van der Waals surface area contributed by atoms with Crippen LogP contribution in [0.25, 0.3) is 6.08 Å². The van der Waals surface area contributed by atoms with Crippen LogP contribution in [0.3, 0.4) is 0 Å². The molecule has 0 amide bonds. The number of benzene rings is 1. The minimum Gasteiger partial charge on any atom is -0.389 e. The zero-order chi connectivity index (χ0) is 25.9. The van der Waals surface area contributed by atoms with Crippen LogP contribution in [0.2, 0.25) is 0 Å². The van der Waals surface area contributed by atoms with Crippen molar-refractivity contribution in [2.24, 2.45) is 46.3 Å². The Morgan fingerprint density at radius 2 is 1.61 bits per heavy atom. The third-order valence-corrected chi connectivity index (χ3v) is 11.8. The fraction of sp³-hybridized carbons (Fsp3) is 0.742. The predicted molar refractivity (Wildman–Crippen MR) is 137 cm³/mol. The first-order valence-corrected chi connectivity index (χ1v) is 14.1. The van der Waals surface area contributed by atoms with E-state index in [-0.39, 0.29) is 35.5 Å². The van der Waals surface area contributed by atoms with Crippen LogP contribution >= 0.6 is 0 Å². The molecule has 10 atom stereocenters. The van der Waals surface area contributed by atoms with E-state index in [1.807, 2.05) is 42.5 Å². The van der Waals surface area contributed by atoms with E-state index < -0.39 is 17.9 Å². The molecular formula is C31H43F3O2. The van der Waals surface area contributed by atoms with Gasteiger partial charge in [0.2, 0.25) is 0 Å². The molecule has 0 aliphatic heterocycles. The van der Waals surface area contributed by atoms with Gasteiger partial charge in [0.1, 0.15) is 0 Å². The van der Waals surface area contributed by atoms with Crippen molar-refractivity contribution in [2.75, 3.05) is 0 Å². The van der Waals surface area contributed by atoms with Gasteiger partial charge in [0.05, 0.1) is 6.10 Å². The fourth-order valence-electron chi connectivity index (χ4n) is 9.59. The normalized spacial score (nSPS) is 44.5. The second-order valence-corrected chi connectivity index (χ2v) is 13.2. The number of hydrogen-bond donors (Lipinski definition) is 2. The van der Waals surface area contributed by atoms with E-state index in [4.69, 9.17) is 0 Å². The van der Waals surface area contributed by atoms with Crippen molar-refractivity contribution in [3.05, 3.63) is 42.0 Å². The highest BCUT2D eigenvalue weighted by Gasteiger charge is 2.65. The van der Waals surface area contributed by atoms with Crippen molar-refractivity contribution in [1.82, 2.24) is 0 Å². The fourth-order valence-corrected chi connectivity index (χ4v) is 9.59. The topological polar surface area (TPSA) is 40.5 Å². The monoisotopic (exact) mass is 504 g/mol. The van der Waals surface area contributed by atoms with Gasteiger partial charge >= 0.3 is 6.18 Å². The lowest BCUT2D eigenvalue weighted by Gasteiger charge is -2.62. The molecule has 4 aliphatic carbocycles. The summed E-state index contributed by atoms with van der Waals surface area (Å²) in [4.78, 5) is 0. The molecule has 1 aromatic carbocycles. The van der Waals surface area contributed by atoms with Gasteiger partial charge in [-0.3, -0.25) is 0 Å². The molecule has 8 unspecified atom stereocenters. The Morgan fingerprint density at radius 1 is 0.917 bits per heavy atom. The Balaban J connectivity index is 1.30. The van der Waals surface area contributed by atoms with Crippen LogP contribution in [-0.4, -0.2) is 28.1 Å². The first-order valence-electron chi connectivity index (χ1n) is 14.1. The summed E-state index contributed by atoms with van der Waals surface area (Å²) in [7, 11) is 0. The summed E-state index contributed by atoms with van der Waals surface area (Å²) in [6, 6.07) is 10.1. The summed E-state index contributed by atoms with van der Waals surface area (Å²) in [5.41, 5.74) is -1.35. The number of aliphatic hydroxyl groups is 2. The minimum absolute atomic E-state index is 0.0513. The Hall–Kier alpha value is -1.33. The van der Waals surface area contributed by atoms with Crippen molar-refractivity contribution >= 4 is 6.08 Å². The number of aliphatic hydroxyl groups excluding tert-OH is 1. The van der Waals surface area contributed by atoms with Crippen molar-refractivity contribution in [3.63, 3.8) is 0 Å². The van der Waals surface area contributed by atoms with Crippen LogP contribution in [0, 0.1) is 46.3 Å². The maximum absolute atomic E-state index is 13.6. The summed E-state index contributed by atoms with van der Waals surface area (Å²) in [5, 5.41) is 21.5. The quantitative estimate of drug-likeness (QED) is 0.442. The van der Waals surface area contributed by atoms with E-state index in [2.05, 4.69) is 20.8 Å². The summed E-state index contributed by atoms with van der Waals surface area (Å²) < 4.78 is 40.9. The Labute approximate surface area is 214 Å². The largest absolute Gasteiger partial charge is 0.417 e. The van der Waals surface area contributed by atoms with Crippen LogP contribution in [0.1, 0.15) is 84.1 Å². The zero-order valence-corrected chi connectivity index (χ0v) is 22.0. The summed E-state index contributed by atoms with van der Waals surface area (Å²) in [6.45, 7) is 6.87. The van der Waals surface area contributed by atoms with E-state index in [1.54, 1.807) is 0 Å². The molecule has 36 heavy (non-hydrogen) atoms. The minimum atomic E-state index is -4.54. The Morgan fingerprint density at radius 3 is 2.31 bits per heavy atom. The van der Waals surface area contributed by atoms with Crippen molar-refractivity contribution in [2.45, 2.75) is 96.4 Å². The second-order valence-electron chi connectivity index (χ2n) is 13.2. The van der Waals surface area contributed by atoms with E-state index in [9.17, 15) is 23.4 Å². The van der Waals surface area contributed by atoms with Gasteiger partial charge in [0.15, 0.2) is 5.60 Å². The summed E-state index contributed by atoms with van der Waals surface area (Å²) >= 11 is 0.